The van der Waals surface area contributed by atoms with Crippen molar-refractivity contribution in [2.75, 3.05) is 31.1 Å². The van der Waals surface area contributed by atoms with Gasteiger partial charge in [0.1, 0.15) is 5.75 Å². The van der Waals surface area contributed by atoms with E-state index < -0.39 is 17.7 Å². The van der Waals surface area contributed by atoms with Gasteiger partial charge in [0.15, 0.2) is 11.7 Å². The van der Waals surface area contributed by atoms with Gasteiger partial charge < -0.3 is 14.7 Å². The lowest BCUT2D eigenvalue weighted by atomic mass is 10.00. The molecule has 6 nitrogen and oxygen atoms in total. The number of aromatic nitrogens is 1. The van der Waals surface area contributed by atoms with E-state index >= 15 is 0 Å². The highest BCUT2D eigenvalue weighted by Crippen LogP contribution is 2.37. The average molecular weight is 508 g/mol. The standard InChI is InChI=1S/C25H28F3N3O3S/c1-16(2)10-19-14-30(13-17-4-3-5-20(11-17)34-15-23(32)33)8-9-31(19)24-29-21-7-6-18(25(26,27)28)12-22(21)35-24/h3-7,11-12,16,19H,8-10,13-15H2,1-2H3,(H,32,33)/t19-/m1/s1. The highest BCUT2D eigenvalue weighted by Gasteiger charge is 2.32. The molecule has 2 heterocycles. The molecule has 1 fully saturated rings. The number of fused-ring (bicyclic) bond motifs is 1. The Morgan fingerprint density at radius 1 is 1.23 bits per heavy atom. The van der Waals surface area contributed by atoms with Gasteiger partial charge in [-0.1, -0.05) is 37.3 Å². The van der Waals surface area contributed by atoms with Gasteiger partial charge in [0.25, 0.3) is 0 Å². The minimum Gasteiger partial charge on any atom is -0.482 e. The van der Waals surface area contributed by atoms with Crippen molar-refractivity contribution in [2.24, 2.45) is 5.92 Å². The number of rotatable bonds is 8. The molecule has 1 saturated heterocycles. The molecular formula is C25H28F3N3O3S. The third-order valence-corrected chi connectivity index (χ3v) is 6.98. The van der Waals surface area contributed by atoms with Crippen molar-refractivity contribution >= 4 is 32.7 Å². The zero-order chi connectivity index (χ0) is 25.2. The van der Waals surface area contributed by atoms with Crippen LogP contribution in [0.1, 0.15) is 31.4 Å². The summed E-state index contributed by atoms with van der Waals surface area (Å²) in [6, 6.07) is 11.3. The predicted molar refractivity (Wildman–Crippen MR) is 130 cm³/mol. The van der Waals surface area contributed by atoms with Crippen LogP contribution in [0.4, 0.5) is 18.3 Å². The zero-order valence-electron chi connectivity index (χ0n) is 19.6. The van der Waals surface area contributed by atoms with Crippen LogP contribution < -0.4 is 9.64 Å². The number of aliphatic carboxylic acids is 1. The van der Waals surface area contributed by atoms with E-state index in [4.69, 9.17) is 9.84 Å². The summed E-state index contributed by atoms with van der Waals surface area (Å²) < 4.78 is 45.3. The number of benzene rings is 2. The third kappa shape index (κ3) is 6.43. The number of carbonyl (C=O) groups is 1. The van der Waals surface area contributed by atoms with Gasteiger partial charge in [0.2, 0.25) is 0 Å². The number of carboxylic acid groups (broad SMARTS) is 1. The van der Waals surface area contributed by atoms with Crippen LogP contribution in [0, 0.1) is 5.92 Å². The number of anilines is 1. The Hall–Kier alpha value is -2.85. The smallest absolute Gasteiger partial charge is 0.416 e. The largest absolute Gasteiger partial charge is 0.482 e. The molecular weight excluding hydrogens is 479 g/mol. The molecule has 35 heavy (non-hydrogen) atoms. The van der Waals surface area contributed by atoms with Crippen molar-refractivity contribution in [1.29, 1.82) is 0 Å². The Bertz CT molecular complexity index is 1180. The van der Waals surface area contributed by atoms with Crippen molar-refractivity contribution in [3.8, 4) is 5.75 Å². The first-order valence-electron chi connectivity index (χ1n) is 11.5. The van der Waals surface area contributed by atoms with E-state index in [9.17, 15) is 18.0 Å². The van der Waals surface area contributed by atoms with Crippen LogP contribution in [-0.2, 0) is 17.5 Å². The van der Waals surface area contributed by atoms with E-state index in [0.29, 0.717) is 28.4 Å². The molecule has 1 N–H and O–H groups in total. The molecule has 0 radical (unpaired) electrons. The number of halogens is 3. The first-order valence-corrected chi connectivity index (χ1v) is 12.3. The summed E-state index contributed by atoms with van der Waals surface area (Å²) in [4.78, 5) is 20.0. The molecule has 3 aromatic rings. The molecule has 0 spiro atoms. The molecule has 0 amide bonds. The maximum atomic E-state index is 13.1. The topological polar surface area (TPSA) is 65.9 Å². The van der Waals surface area contributed by atoms with Crippen molar-refractivity contribution in [3.63, 3.8) is 0 Å². The summed E-state index contributed by atoms with van der Waals surface area (Å²) in [5.74, 6) is -0.0519. The molecule has 10 heteroatoms. The van der Waals surface area contributed by atoms with Crippen molar-refractivity contribution in [3.05, 3.63) is 53.6 Å². The lowest BCUT2D eigenvalue weighted by Gasteiger charge is -2.42. The lowest BCUT2D eigenvalue weighted by molar-refractivity contribution is -0.139. The van der Waals surface area contributed by atoms with E-state index in [1.165, 1.54) is 23.5 Å². The molecule has 0 bridgehead atoms. The van der Waals surface area contributed by atoms with Crippen LogP contribution in [0.15, 0.2) is 42.5 Å². The fourth-order valence-electron chi connectivity index (χ4n) is 4.41. The van der Waals surface area contributed by atoms with Gasteiger partial charge in [-0.25, -0.2) is 9.78 Å². The minimum atomic E-state index is -4.37. The molecule has 1 aliphatic heterocycles. The first kappa shape index (κ1) is 25.2. The molecule has 188 valence electrons. The second-order valence-electron chi connectivity index (χ2n) is 9.22. The van der Waals surface area contributed by atoms with Gasteiger partial charge in [-0.05, 0) is 48.2 Å². The maximum Gasteiger partial charge on any atom is 0.416 e. The molecule has 1 aromatic heterocycles. The Balaban J connectivity index is 1.49. The fourth-order valence-corrected chi connectivity index (χ4v) is 5.51. The second-order valence-corrected chi connectivity index (χ2v) is 10.2. The second kappa shape index (κ2) is 10.4. The number of carboxylic acids is 1. The van der Waals surface area contributed by atoms with Crippen molar-refractivity contribution < 1.29 is 27.8 Å². The molecule has 1 aliphatic rings. The van der Waals surface area contributed by atoms with Gasteiger partial charge in [-0.15, -0.1) is 0 Å². The summed E-state index contributed by atoms with van der Waals surface area (Å²) in [7, 11) is 0. The molecule has 4 rings (SSSR count). The van der Waals surface area contributed by atoms with Crippen LogP contribution in [-0.4, -0.2) is 53.2 Å². The van der Waals surface area contributed by atoms with E-state index in [0.717, 1.165) is 42.8 Å². The van der Waals surface area contributed by atoms with E-state index in [1.807, 2.05) is 18.2 Å². The number of alkyl halides is 3. The Morgan fingerprint density at radius 3 is 2.74 bits per heavy atom. The fraction of sp³-hybridized carbons (Fsp3) is 0.440. The van der Waals surface area contributed by atoms with Gasteiger partial charge in [-0.2, -0.15) is 13.2 Å². The maximum absolute atomic E-state index is 13.1. The highest BCUT2D eigenvalue weighted by atomic mass is 32.1. The lowest BCUT2D eigenvalue weighted by Crippen LogP contribution is -2.53. The van der Waals surface area contributed by atoms with Crippen LogP contribution in [0.3, 0.4) is 0 Å². The van der Waals surface area contributed by atoms with Gasteiger partial charge in [0, 0.05) is 32.2 Å². The SMILES string of the molecule is CC(C)C[C@@H]1CN(Cc2cccc(OCC(=O)O)c2)CCN1c1nc2ccc(C(F)(F)F)cc2s1. The van der Waals surface area contributed by atoms with E-state index in [-0.39, 0.29) is 12.6 Å². The average Bonchev–Trinajstić information content (AvgIpc) is 3.20. The summed E-state index contributed by atoms with van der Waals surface area (Å²) in [6.07, 6.45) is -3.44. The summed E-state index contributed by atoms with van der Waals surface area (Å²) >= 11 is 1.31. The quantitative estimate of drug-likeness (QED) is 0.434. The van der Waals surface area contributed by atoms with Crippen molar-refractivity contribution in [2.45, 2.75) is 39.0 Å². The Labute approximate surface area is 205 Å². The van der Waals surface area contributed by atoms with Crippen LogP contribution >= 0.6 is 11.3 Å². The minimum absolute atomic E-state index is 0.179. The monoisotopic (exact) mass is 507 g/mol. The number of hydrogen-bond donors (Lipinski definition) is 1. The third-order valence-electron chi connectivity index (χ3n) is 5.93. The zero-order valence-corrected chi connectivity index (χ0v) is 20.4. The summed E-state index contributed by atoms with van der Waals surface area (Å²) in [5.41, 5.74) is 0.963. The van der Waals surface area contributed by atoms with Gasteiger partial charge in [-0.3, -0.25) is 4.90 Å². The normalized spacial score (nSPS) is 17.3. The number of nitrogens with zero attached hydrogens (tertiary/aromatic N) is 3. The molecule has 0 unspecified atom stereocenters. The highest BCUT2D eigenvalue weighted by molar-refractivity contribution is 7.22. The molecule has 2 aromatic carbocycles. The van der Waals surface area contributed by atoms with Crippen LogP contribution in [0.2, 0.25) is 0 Å². The predicted octanol–water partition coefficient (Wildman–Crippen LogP) is 5.52. The molecule has 1 atom stereocenters. The Morgan fingerprint density at radius 2 is 2.03 bits per heavy atom. The molecule has 0 aliphatic carbocycles. The van der Waals surface area contributed by atoms with Crippen molar-refractivity contribution in [1.82, 2.24) is 9.88 Å². The molecule has 0 saturated carbocycles. The van der Waals surface area contributed by atoms with Crippen LogP contribution in [0.5, 0.6) is 5.75 Å². The van der Waals surface area contributed by atoms with Gasteiger partial charge in [0.05, 0.1) is 15.8 Å². The number of hydrogen-bond acceptors (Lipinski definition) is 6. The first-order chi connectivity index (χ1) is 16.6. The number of piperazine rings is 1. The summed E-state index contributed by atoms with van der Waals surface area (Å²) in [6.45, 7) is 6.93. The van der Waals surface area contributed by atoms with E-state index in [1.54, 1.807) is 6.07 Å². The number of thiazole rings is 1. The number of ether oxygens (including phenoxy) is 1. The van der Waals surface area contributed by atoms with Crippen LogP contribution in [0.25, 0.3) is 10.2 Å². The van der Waals surface area contributed by atoms with E-state index in [2.05, 4.69) is 28.6 Å². The summed E-state index contributed by atoms with van der Waals surface area (Å²) in [5, 5.41) is 9.59. The van der Waals surface area contributed by atoms with Gasteiger partial charge >= 0.3 is 12.1 Å². The Kier molecular flexibility index (Phi) is 7.51.